The Morgan fingerprint density at radius 2 is 2.04 bits per heavy atom. The van der Waals surface area contributed by atoms with Gasteiger partial charge in [-0.2, -0.15) is 0 Å². The van der Waals surface area contributed by atoms with Crippen LogP contribution in [0.25, 0.3) is 0 Å². The number of fused-ring (bicyclic) bond motifs is 1. The average molecular weight is 332 g/mol. The average Bonchev–Trinajstić information content (AvgIpc) is 2.60. The van der Waals surface area contributed by atoms with Crippen molar-refractivity contribution in [1.82, 2.24) is 15.5 Å². The van der Waals surface area contributed by atoms with Gasteiger partial charge in [-0.1, -0.05) is 37.6 Å². The molecule has 24 heavy (non-hydrogen) atoms. The zero-order valence-electron chi connectivity index (χ0n) is 15.1. The molecule has 0 spiro atoms. The van der Waals surface area contributed by atoms with Crippen LogP contribution in [-0.2, 0) is 13.0 Å². The maximum absolute atomic E-state index is 10.3. The van der Waals surface area contributed by atoms with Gasteiger partial charge in [0, 0.05) is 32.7 Å². The summed E-state index contributed by atoms with van der Waals surface area (Å²) in [6, 6.07) is 8.59. The van der Waals surface area contributed by atoms with Gasteiger partial charge in [-0.3, -0.25) is 9.89 Å². The second-order valence-corrected chi connectivity index (χ2v) is 6.41. The summed E-state index contributed by atoms with van der Waals surface area (Å²) in [4.78, 5) is 6.83. The Morgan fingerprint density at radius 3 is 2.79 bits per heavy atom. The molecule has 1 unspecified atom stereocenters. The minimum absolute atomic E-state index is 0.430. The zero-order valence-corrected chi connectivity index (χ0v) is 15.1. The Kier molecular flexibility index (Phi) is 8.05. The van der Waals surface area contributed by atoms with Crippen LogP contribution in [0.5, 0.6) is 0 Å². The minimum Gasteiger partial charge on any atom is -0.390 e. The van der Waals surface area contributed by atoms with Crippen LogP contribution in [0.4, 0.5) is 0 Å². The fourth-order valence-electron chi connectivity index (χ4n) is 2.99. The predicted octanol–water partition coefficient (Wildman–Crippen LogP) is 1.76. The van der Waals surface area contributed by atoms with Gasteiger partial charge in [0.05, 0.1) is 12.6 Å². The monoisotopic (exact) mass is 332 g/mol. The van der Waals surface area contributed by atoms with E-state index in [9.17, 15) is 5.11 Å². The molecule has 0 aliphatic carbocycles. The van der Waals surface area contributed by atoms with Crippen molar-refractivity contribution in [1.29, 1.82) is 0 Å². The van der Waals surface area contributed by atoms with Crippen LogP contribution >= 0.6 is 0 Å². The second-order valence-electron chi connectivity index (χ2n) is 6.41. The topological polar surface area (TPSA) is 59.9 Å². The van der Waals surface area contributed by atoms with E-state index in [0.29, 0.717) is 13.1 Å². The molecule has 1 heterocycles. The number of unbranched alkanes of at least 4 members (excludes halogenated alkanes) is 1. The molecule has 0 saturated heterocycles. The molecule has 5 heteroatoms. The number of benzene rings is 1. The summed E-state index contributed by atoms with van der Waals surface area (Å²) < 4.78 is 0. The highest BCUT2D eigenvalue weighted by molar-refractivity contribution is 5.79. The normalized spacial score (nSPS) is 16.5. The number of β-amino-alcohol motifs (C(OH)–C–C–N with tert-alkyl or cyclic N) is 1. The van der Waals surface area contributed by atoms with E-state index in [4.69, 9.17) is 0 Å². The van der Waals surface area contributed by atoms with E-state index < -0.39 is 6.10 Å². The summed E-state index contributed by atoms with van der Waals surface area (Å²) in [6.45, 7) is 9.01. The van der Waals surface area contributed by atoms with Gasteiger partial charge in [0.2, 0.25) is 0 Å². The van der Waals surface area contributed by atoms with Crippen LogP contribution in [-0.4, -0.2) is 54.8 Å². The van der Waals surface area contributed by atoms with E-state index in [1.54, 1.807) is 0 Å². The van der Waals surface area contributed by atoms with E-state index in [1.807, 2.05) is 0 Å². The highest BCUT2D eigenvalue weighted by atomic mass is 16.3. The van der Waals surface area contributed by atoms with Gasteiger partial charge < -0.3 is 15.7 Å². The number of rotatable bonds is 8. The van der Waals surface area contributed by atoms with Crippen LogP contribution < -0.4 is 10.6 Å². The number of nitrogens with zero attached hydrogens (tertiary/aromatic N) is 2. The van der Waals surface area contributed by atoms with Gasteiger partial charge in [0.1, 0.15) is 0 Å². The molecule has 1 aliphatic heterocycles. The van der Waals surface area contributed by atoms with Gasteiger partial charge in [0.25, 0.3) is 0 Å². The lowest BCUT2D eigenvalue weighted by molar-refractivity contribution is 0.111. The van der Waals surface area contributed by atoms with Crippen LogP contribution in [0.15, 0.2) is 29.3 Å². The van der Waals surface area contributed by atoms with Gasteiger partial charge in [-0.15, -0.1) is 0 Å². The van der Waals surface area contributed by atoms with Crippen molar-refractivity contribution >= 4 is 5.96 Å². The van der Waals surface area contributed by atoms with Gasteiger partial charge in [0.15, 0.2) is 5.96 Å². The largest absolute Gasteiger partial charge is 0.390 e. The molecule has 0 bridgehead atoms. The molecule has 1 aromatic carbocycles. The SMILES string of the molecule is CCCCNC(=NCC(O)CN1CCc2ccccc2C1)NCC. The van der Waals surface area contributed by atoms with Crippen LogP contribution in [0.2, 0.25) is 0 Å². The molecule has 1 aromatic rings. The number of guanidine groups is 1. The molecule has 1 aliphatic rings. The van der Waals surface area contributed by atoms with E-state index in [1.165, 1.54) is 11.1 Å². The lowest BCUT2D eigenvalue weighted by atomic mass is 10.00. The van der Waals surface area contributed by atoms with E-state index in [2.05, 4.69) is 58.6 Å². The summed E-state index contributed by atoms with van der Waals surface area (Å²) in [6.07, 6.45) is 2.91. The van der Waals surface area contributed by atoms with Crippen LogP contribution in [0, 0.1) is 0 Å². The Labute approximate surface area is 146 Å². The summed E-state index contributed by atoms with van der Waals surface area (Å²) in [5.41, 5.74) is 2.82. The van der Waals surface area contributed by atoms with Crippen molar-refractivity contribution < 1.29 is 5.11 Å². The lowest BCUT2D eigenvalue weighted by Crippen LogP contribution is -2.40. The number of hydrogen-bond donors (Lipinski definition) is 3. The summed E-state index contributed by atoms with van der Waals surface area (Å²) in [7, 11) is 0. The van der Waals surface area contributed by atoms with Gasteiger partial charge in [-0.05, 0) is 30.9 Å². The van der Waals surface area contributed by atoms with Crippen LogP contribution in [0.3, 0.4) is 0 Å². The molecule has 1 atom stereocenters. The molecule has 5 nitrogen and oxygen atoms in total. The van der Waals surface area contributed by atoms with Gasteiger partial charge in [-0.25, -0.2) is 0 Å². The minimum atomic E-state index is -0.433. The van der Waals surface area contributed by atoms with Crippen molar-refractivity contribution in [3.05, 3.63) is 35.4 Å². The zero-order chi connectivity index (χ0) is 17.2. The Bertz CT molecular complexity index is 518. The molecule has 0 aromatic heterocycles. The third kappa shape index (κ3) is 6.13. The number of nitrogens with one attached hydrogen (secondary N) is 2. The molecular weight excluding hydrogens is 300 g/mol. The summed E-state index contributed by atoms with van der Waals surface area (Å²) in [5.74, 6) is 0.800. The number of aliphatic hydroxyl groups excluding tert-OH is 1. The highest BCUT2D eigenvalue weighted by Gasteiger charge is 2.18. The smallest absolute Gasteiger partial charge is 0.191 e. The third-order valence-electron chi connectivity index (χ3n) is 4.31. The second kappa shape index (κ2) is 10.3. The maximum Gasteiger partial charge on any atom is 0.191 e. The van der Waals surface area contributed by atoms with E-state index in [0.717, 1.165) is 51.4 Å². The molecular formula is C19H32N4O. The van der Waals surface area contributed by atoms with Crippen molar-refractivity contribution in [2.75, 3.05) is 32.7 Å². The number of aliphatic imine (C=N–C) groups is 1. The first kappa shape index (κ1) is 18.7. The first-order valence-electron chi connectivity index (χ1n) is 9.22. The van der Waals surface area contributed by atoms with Crippen molar-refractivity contribution in [3.8, 4) is 0 Å². The molecule has 0 fully saturated rings. The van der Waals surface area contributed by atoms with E-state index in [-0.39, 0.29) is 0 Å². The van der Waals surface area contributed by atoms with Gasteiger partial charge >= 0.3 is 0 Å². The fourth-order valence-corrected chi connectivity index (χ4v) is 2.99. The van der Waals surface area contributed by atoms with Crippen molar-refractivity contribution in [2.24, 2.45) is 4.99 Å². The summed E-state index contributed by atoms with van der Waals surface area (Å²) in [5, 5.41) is 16.9. The third-order valence-corrected chi connectivity index (χ3v) is 4.31. The molecule has 0 saturated carbocycles. The molecule has 0 radical (unpaired) electrons. The molecule has 134 valence electrons. The highest BCUT2D eigenvalue weighted by Crippen LogP contribution is 2.18. The Balaban J connectivity index is 1.79. The number of hydrogen-bond acceptors (Lipinski definition) is 3. The molecule has 0 amide bonds. The number of aliphatic hydroxyl groups is 1. The summed E-state index contributed by atoms with van der Waals surface area (Å²) >= 11 is 0. The first-order chi connectivity index (χ1) is 11.7. The lowest BCUT2D eigenvalue weighted by Gasteiger charge is -2.30. The van der Waals surface area contributed by atoms with E-state index >= 15 is 0 Å². The first-order valence-corrected chi connectivity index (χ1v) is 9.22. The molecule has 3 N–H and O–H groups in total. The van der Waals surface area contributed by atoms with Crippen molar-refractivity contribution in [3.63, 3.8) is 0 Å². The van der Waals surface area contributed by atoms with Crippen LogP contribution in [0.1, 0.15) is 37.8 Å². The quantitative estimate of drug-likeness (QED) is 0.386. The Hall–Kier alpha value is -1.59. The maximum atomic E-state index is 10.3. The van der Waals surface area contributed by atoms with Crippen molar-refractivity contribution in [2.45, 2.75) is 45.8 Å². The Morgan fingerprint density at radius 1 is 1.25 bits per heavy atom. The standard InChI is InChI=1S/C19H32N4O/c1-3-5-11-21-19(20-4-2)22-13-18(24)15-23-12-10-16-8-6-7-9-17(16)14-23/h6-9,18,24H,3-5,10-15H2,1-2H3,(H2,20,21,22). The fraction of sp³-hybridized carbons (Fsp3) is 0.632. The molecule has 2 rings (SSSR count). The predicted molar refractivity (Wildman–Crippen MR) is 100 cm³/mol.